The summed E-state index contributed by atoms with van der Waals surface area (Å²) >= 11 is 0. The van der Waals surface area contributed by atoms with Gasteiger partial charge in [0.1, 0.15) is 0 Å². The molecule has 15 heavy (non-hydrogen) atoms. The zero-order valence-electron chi connectivity index (χ0n) is 9.32. The maximum absolute atomic E-state index is 4.31. The van der Waals surface area contributed by atoms with E-state index in [4.69, 9.17) is 0 Å². The predicted molar refractivity (Wildman–Crippen MR) is 64.4 cm³/mol. The summed E-state index contributed by atoms with van der Waals surface area (Å²) in [5.41, 5.74) is 2.74. The van der Waals surface area contributed by atoms with Gasteiger partial charge >= 0.3 is 0 Å². The fourth-order valence-electron chi connectivity index (χ4n) is 1.84. The van der Waals surface area contributed by atoms with E-state index in [1.807, 2.05) is 0 Å². The first-order chi connectivity index (χ1) is 7.34. The van der Waals surface area contributed by atoms with Gasteiger partial charge in [0, 0.05) is 25.8 Å². The van der Waals surface area contributed by atoms with Gasteiger partial charge in [0.2, 0.25) is 0 Å². The molecule has 0 atom stereocenters. The Morgan fingerprint density at radius 2 is 2.00 bits per heavy atom. The quantitative estimate of drug-likeness (QED) is 0.718. The lowest BCUT2D eigenvalue weighted by Crippen LogP contribution is -2.25. The largest absolute Gasteiger partial charge is 0.297 e. The van der Waals surface area contributed by atoms with Gasteiger partial charge in [-0.25, -0.2) is 0 Å². The van der Waals surface area contributed by atoms with Gasteiger partial charge in [-0.05, 0) is 18.9 Å². The van der Waals surface area contributed by atoms with Crippen LogP contribution in [0.2, 0.25) is 0 Å². The van der Waals surface area contributed by atoms with E-state index in [0.29, 0.717) is 0 Å². The molecule has 0 N–H and O–H groups in total. The molecule has 0 aromatic heterocycles. The Kier molecular flexibility index (Phi) is 3.51. The van der Waals surface area contributed by atoms with Crippen molar-refractivity contribution in [3.8, 4) is 0 Å². The molecular weight excluding hydrogens is 184 g/mol. The van der Waals surface area contributed by atoms with Crippen molar-refractivity contribution in [3.63, 3.8) is 0 Å². The van der Waals surface area contributed by atoms with E-state index < -0.39 is 0 Å². The lowest BCUT2D eigenvalue weighted by Gasteiger charge is -2.19. The van der Waals surface area contributed by atoms with Crippen LogP contribution in [0.3, 0.4) is 0 Å². The van der Waals surface area contributed by atoms with Crippen LogP contribution in [0, 0.1) is 6.92 Å². The van der Waals surface area contributed by atoms with E-state index in [2.05, 4.69) is 47.3 Å². The number of hydrogen-bond donors (Lipinski definition) is 0. The second-order valence-electron chi connectivity index (χ2n) is 4.14. The smallest absolute Gasteiger partial charge is 0.0513 e. The molecule has 0 amide bonds. The van der Waals surface area contributed by atoms with Crippen molar-refractivity contribution in [1.29, 1.82) is 0 Å². The number of aliphatic imine (C=N–C) groups is 1. The maximum Gasteiger partial charge on any atom is 0.0513 e. The highest BCUT2D eigenvalue weighted by Gasteiger charge is 2.06. The van der Waals surface area contributed by atoms with Crippen molar-refractivity contribution < 1.29 is 0 Å². The van der Waals surface area contributed by atoms with Crippen LogP contribution in [-0.2, 0) is 6.54 Å². The molecule has 1 aliphatic heterocycles. The third-order valence-electron chi connectivity index (χ3n) is 2.78. The molecule has 1 heterocycles. The van der Waals surface area contributed by atoms with E-state index in [9.17, 15) is 0 Å². The topological polar surface area (TPSA) is 15.6 Å². The fraction of sp³-hybridized carbons (Fsp3) is 0.462. The SMILES string of the molecule is Cc1ccc(CN2CCC=NCC2)cc1. The summed E-state index contributed by atoms with van der Waals surface area (Å²) < 4.78 is 0. The third-order valence-corrected chi connectivity index (χ3v) is 2.78. The van der Waals surface area contributed by atoms with Crippen molar-refractivity contribution >= 4 is 6.21 Å². The molecule has 0 spiro atoms. The molecule has 2 rings (SSSR count). The Balaban J connectivity index is 1.93. The lowest BCUT2D eigenvalue weighted by molar-refractivity contribution is 0.287. The fourth-order valence-corrected chi connectivity index (χ4v) is 1.84. The maximum atomic E-state index is 4.31. The summed E-state index contributed by atoms with van der Waals surface area (Å²) in [6.07, 6.45) is 3.14. The number of rotatable bonds is 2. The van der Waals surface area contributed by atoms with E-state index in [0.717, 1.165) is 32.6 Å². The molecule has 0 radical (unpaired) electrons. The average molecular weight is 202 g/mol. The van der Waals surface area contributed by atoms with Crippen LogP contribution in [0.4, 0.5) is 0 Å². The first kappa shape index (κ1) is 10.4. The van der Waals surface area contributed by atoms with Crippen LogP contribution in [0.1, 0.15) is 17.5 Å². The molecule has 1 aliphatic rings. The lowest BCUT2D eigenvalue weighted by atomic mass is 10.1. The van der Waals surface area contributed by atoms with E-state index in [1.54, 1.807) is 0 Å². The molecule has 0 fully saturated rings. The summed E-state index contributed by atoms with van der Waals surface area (Å²) in [4.78, 5) is 6.78. The number of benzene rings is 1. The zero-order chi connectivity index (χ0) is 10.5. The van der Waals surface area contributed by atoms with Crippen molar-refractivity contribution in [2.75, 3.05) is 19.6 Å². The number of nitrogens with zero attached hydrogens (tertiary/aromatic N) is 2. The Bertz CT molecular complexity index is 317. The predicted octanol–water partition coefficient (Wildman–Crippen LogP) is 2.27. The van der Waals surface area contributed by atoms with Gasteiger partial charge in [0.05, 0.1) is 6.54 Å². The van der Waals surface area contributed by atoms with Crippen LogP contribution in [0.15, 0.2) is 29.3 Å². The first-order valence-electron chi connectivity index (χ1n) is 5.61. The molecule has 0 saturated heterocycles. The molecule has 1 aromatic rings. The summed E-state index contributed by atoms with van der Waals surface area (Å²) in [7, 11) is 0. The van der Waals surface area contributed by atoms with Gasteiger partial charge in [0.25, 0.3) is 0 Å². The van der Waals surface area contributed by atoms with Crippen molar-refractivity contribution in [1.82, 2.24) is 4.90 Å². The highest BCUT2D eigenvalue weighted by Crippen LogP contribution is 2.08. The Hall–Kier alpha value is -1.15. The van der Waals surface area contributed by atoms with Crippen molar-refractivity contribution in [3.05, 3.63) is 35.4 Å². The molecule has 80 valence electrons. The molecule has 0 saturated carbocycles. The third kappa shape index (κ3) is 3.17. The van der Waals surface area contributed by atoms with Gasteiger partial charge in [-0.15, -0.1) is 0 Å². The Morgan fingerprint density at radius 3 is 2.80 bits per heavy atom. The number of aryl methyl sites for hydroxylation is 1. The minimum atomic E-state index is 0.950. The second-order valence-corrected chi connectivity index (χ2v) is 4.14. The van der Waals surface area contributed by atoms with E-state index in [1.165, 1.54) is 11.1 Å². The Morgan fingerprint density at radius 1 is 1.20 bits per heavy atom. The zero-order valence-corrected chi connectivity index (χ0v) is 9.32. The van der Waals surface area contributed by atoms with Crippen LogP contribution < -0.4 is 0 Å². The van der Waals surface area contributed by atoms with Crippen LogP contribution in [-0.4, -0.2) is 30.7 Å². The first-order valence-corrected chi connectivity index (χ1v) is 5.61. The van der Waals surface area contributed by atoms with Crippen molar-refractivity contribution in [2.45, 2.75) is 19.9 Å². The molecule has 0 unspecified atom stereocenters. The molecule has 2 nitrogen and oxygen atoms in total. The van der Waals surface area contributed by atoms with E-state index >= 15 is 0 Å². The summed E-state index contributed by atoms with van der Waals surface area (Å²) in [5.74, 6) is 0. The highest BCUT2D eigenvalue weighted by molar-refractivity contribution is 5.57. The van der Waals surface area contributed by atoms with Crippen molar-refractivity contribution in [2.24, 2.45) is 4.99 Å². The number of hydrogen-bond acceptors (Lipinski definition) is 2. The minimum Gasteiger partial charge on any atom is -0.297 e. The molecular formula is C13H18N2. The Labute approximate surface area is 91.6 Å². The van der Waals surface area contributed by atoms with Crippen LogP contribution >= 0.6 is 0 Å². The molecule has 0 bridgehead atoms. The monoisotopic (exact) mass is 202 g/mol. The standard InChI is InChI=1S/C13H18N2/c1-12-3-5-13(6-4-12)11-15-9-2-7-14-8-10-15/h3-7H,2,8-11H2,1H3. The average Bonchev–Trinajstić information content (AvgIpc) is 2.50. The van der Waals surface area contributed by atoms with Gasteiger partial charge in [-0.2, -0.15) is 0 Å². The highest BCUT2D eigenvalue weighted by atomic mass is 15.1. The van der Waals surface area contributed by atoms with Gasteiger partial charge in [0.15, 0.2) is 0 Å². The molecule has 1 aromatic carbocycles. The summed E-state index contributed by atoms with van der Waals surface area (Å²) in [6, 6.07) is 8.81. The molecule has 2 heteroatoms. The molecule has 0 aliphatic carbocycles. The van der Waals surface area contributed by atoms with Gasteiger partial charge in [-0.1, -0.05) is 29.8 Å². The van der Waals surface area contributed by atoms with Gasteiger partial charge in [-0.3, -0.25) is 9.89 Å². The van der Waals surface area contributed by atoms with Gasteiger partial charge < -0.3 is 0 Å². The van der Waals surface area contributed by atoms with Crippen LogP contribution in [0.25, 0.3) is 0 Å². The summed E-state index contributed by atoms with van der Waals surface area (Å²) in [5, 5.41) is 0. The second kappa shape index (κ2) is 5.08. The normalized spacial score (nSPS) is 17.7. The van der Waals surface area contributed by atoms with Crippen LogP contribution in [0.5, 0.6) is 0 Å². The summed E-state index contributed by atoms with van der Waals surface area (Å²) in [6.45, 7) is 6.36. The van der Waals surface area contributed by atoms with E-state index in [-0.39, 0.29) is 0 Å². The minimum absolute atomic E-state index is 0.950.